The molecular formula is C23H23FN2O. The minimum Gasteiger partial charge on any atom is -0.347 e. The number of hydrogen-bond acceptors (Lipinski definition) is 2. The second-order valence-electron chi connectivity index (χ2n) is 7.65. The van der Waals surface area contributed by atoms with Crippen molar-refractivity contribution in [3.63, 3.8) is 0 Å². The largest absolute Gasteiger partial charge is 0.347 e. The van der Waals surface area contributed by atoms with Gasteiger partial charge in [-0.15, -0.1) is 0 Å². The van der Waals surface area contributed by atoms with Gasteiger partial charge < -0.3 is 5.32 Å². The molecule has 0 radical (unpaired) electrons. The van der Waals surface area contributed by atoms with Crippen LogP contribution in [0.15, 0.2) is 60.8 Å². The highest BCUT2D eigenvalue weighted by Crippen LogP contribution is 2.30. The van der Waals surface area contributed by atoms with Gasteiger partial charge in [-0.1, -0.05) is 18.2 Å². The van der Waals surface area contributed by atoms with Gasteiger partial charge in [0.25, 0.3) is 5.91 Å². The van der Waals surface area contributed by atoms with E-state index in [1.807, 2.05) is 58.0 Å². The number of aryl methyl sites for hydroxylation is 1. The van der Waals surface area contributed by atoms with Crippen molar-refractivity contribution in [2.75, 3.05) is 0 Å². The molecule has 0 saturated carbocycles. The Hall–Kier alpha value is -3.01. The summed E-state index contributed by atoms with van der Waals surface area (Å²) in [6.45, 7) is 7.78. The highest BCUT2D eigenvalue weighted by atomic mass is 19.1. The van der Waals surface area contributed by atoms with E-state index in [4.69, 9.17) is 0 Å². The van der Waals surface area contributed by atoms with Gasteiger partial charge >= 0.3 is 0 Å². The fraction of sp³-hybridized carbons (Fsp3) is 0.217. The Morgan fingerprint density at radius 2 is 1.63 bits per heavy atom. The Kier molecular flexibility index (Phi) is 5.08. The molecule has 3 rings (SSSR count). The fourth-order valence-electron chi connectivity index (χ4n) is 2.93. The molecule has 1 amide bonds. The summed E-state index contributed by atoms with van der Waals surface area (Å²) in [7, 11) is 0. The number of hydrogen-bond donors (Lipinski definition) is 1. The number of nitrogens with zero attached hydrogens (tertiary/aromatic N) is 1. The van der Waals surface area contributed by atoms with Gasteiger partial charge in [-0.25, -0.2) is 4.39 Å². The standard InChI is InChI=1S/C23H23FN2O/c1-15-21(6-5-11-25-15)18-12-17(16-7-9-20(24)10-8-16)13-19(14-18)22(27)26-23(2,3)4/h5-14H,1-4H3,(H,26,27). The summed E-state index contributed by atoms with van der Waals surface area (Å²) in [5.41, 5.74) is 4.68. The van der Waals surface area contributed by atoms with Crippen molar-refractivity contribution in [3.8, 4) is 22.3 Å². The van der Waals surface area contributed by atoms with E-state index in [0.717, 1.165) is 27.9 Å². The second-order valence-corrected chi connectivity index (χ2v) is 7.65. The van der Waals surface area contributed by atoms with E-state index >= 15 is 0 Å². The number of carbonyl (C=O) groups excluding carboxylic acids is 1. The van der Waals surface area contributed by atoms with Crippen molar-refractivity contribution >= 4 is 5.91 Å². The SMILES string of the molecule is Cc1ncccc1-c1cc(C(=O)NC(C)(C)C)cc(-c2ccc(F)cc2)c1. The minimum atomic E-state index is -0.340. The zero-order chi connectivity index (χ0) is 19.6. The zero-order valence-corrected chi connectivity index (χ0v) is 16.0. The highest BCUT2D eigenvalue weighted by molar-refractivity contribution is 5.97. The molecule has 0 bridgehead atoms. The summed E-state index contributed by atoms with van der Waals surface area (Å²) in [6, 6.07) is 15.9. The topological polar surface area (TPSA) is 42.0 Å². The maximum Gasteiger partial charge on any atom is 0.251 e. The average molecular weight is 362 g/mol. The molecule has 0 spiro atoms. The van der Waals surface area contributed by atoms with Crippen molar-refractivity contribution in [3.05, 3.63) is 77.9 Å². The first-order chi connectivity index (χ1) is 12.7. The number of aromatic nitrogens is 1. The molecule has 2 aromatic carbocycles. The lowest BCUT2D eigenvalue weighted by Gasteiger charge is -2.21. The summed E-state index contributed by atoms with van der Waals surface area (Å²) in [5.74, 6) is -0.432. The summed E-state index contributed by atoms with van der Waals surface area (Å²) >= 11 is 0. The number of carbonyl (C=O) groups is 1. The van der Waals surface area contributed by atoms with Crippen LogP contribution in [0, 0.1) is 12.7 Å². The molecule has 0 aliphatic carbocycles. The van der Waals surface area contributed by atoms with Crippen LogP contribution in [0.1, 0.15) is 36.8 Å². The first-order valence-corrected chi connectivity index (χ1v) is 8.88. The number of amides is 1. The Bertz CT molecular complexity index is 972. The second kappa shape index (κ2) is 7.31. The van der Waals surface area contributed by atoms with Gasteiger partial charge in [-0.3, -0.25) is 9.78 Å². The monoisotopic (exact) mass is 362 g/mol. The van der Waals surface area contributed by atoms with E-state index in [0.29, 0.717) is 5.56 Å². The van der Waals surface area contributed by atoms with Gasteiger partial charge in [0.15, 0.2) is 0 Å². The van der Waals surface area contributed by atoms with Gasteiger partial charge in [0.05, 0.1) is 0 Å². The molecule has 0 saturated heterocycles. The summed E-state index contributed by atoms with van der Waals surface area (Å²) in [5, 5.41) is 3.00. The first kappa shape index (κ1) is 18.8. The van der Waals surface area contributed by atoms with Crippen LogP contribution < -0.4 is 5.32 Å². The molecular weight excluding hydrogens is 339 g/mol. The molecule has 4 heteroatoms. The Morgan fingerprint density at radius 3 is 2.26 bits per heavy atom. The molecule has 1 N–H and O–H groups in total. The van der Waals surface area contributed by atoms with Crippen LogP contribution in [-0.4, -0.2) is 16.4 Å². The van der Waals surface area contributed by atoms with Crippen molar-refractivity contribution < 1.29 is 9.18 Å². The third-order valence-electron chi connectivity index (χ3n) is 4.18. The number of halogens is 1. The van der Waals surface area contributed by atoms with Gasteiger partial charge in [-0.2, -0.15) is 0 Å². The Morgan fingerprint density at radius 1 is 0.963 bits per heavy atom. The van der Waals surface area contributed by atoms with Crippen LogP contribution in [0.4, 0.5) is 4.39 Å². The van der Waals surface area contributed by atoms with Crippen LogP contribution in [0.3, 0.4) is 0 Å². The lowest BCUT2D eigenvalue weighted by molar-refractivity contribution is 0.0919. The van der Waals surface area contributed by atoms with Crippen LogP contribution in [0.2, 0.25) is 0 Å². The molecule has 0 aliphatic heterocycles. The molecule has 3 aromatic rings. The van der Waals surface area contributed by atoms with Gasteiger partial charge in [0, 0.05) is 28.6 Å². The first-order valence-electron chi connectivity index (χ1n) is 8.88. The van der Waals surface area contributed by atoms with Crippen LogP contribution in [-0.2, 0) is 0 Å². The summed E-state index contributed by atoms with van der Waals surface area (Å²) in [6.07, 6.45) is 1.75. The maximum absolute atomic E-state index is 13.3. The molecule has 1 aromatic heterocycles. The average Bonchev–Trinajstić information content (AvgIpc) is 2.61. The maximum atomic E-state index is 13.3. The Labute approximate surface area is 159 Å². The van der Waals surface area contributed by atoms with Crippen LogP contribution in [0.5, 0.6) is 0 Å². The molecule has 1 heterocycles. The Balaban J connectivity index is 2.15. The predicted octanol–water partition coefficient (Wildman–Crippen LogP) is 5.39. The van der Waals surface area contributed by atoms with E-state index in [2.05, 4.69) is 10.3 Å². The van der Waals surface area contributed by atoms with Crippen molar-refractivity contribution in [2.45, 2.75) is 33.2 Å². The fourth-order valence-corrected chi connectivity index (χ4v) is 2.93. The van der Waals surface area contributed by atoms with E-state index < -0.39 is 0 Å². The van der Waals surface area contributed by atoms with Crippen LogP contribution in [0.25, 0.3) is 22.3 Å². The third kappa shape index (κ3) is 4.59. The lowest BCUT2D eigenvalue weighted by Crippen LogP contribution is -2.40. The minimum absolute atomic E-state index is 0.144. The number of pyridine rings is 1. The normalized spacial score (nSPS) is 11.3. The van der Waals surface area contributed by atoms with Gasteiger partial charge in [0.1, 0.15) is 5.82 Å². The molecule has 3 nitrogen and oxygen atoms in total. The number of rotatable bonds is 3. The van der Waals surface area contributed by atoms with E-state index in [9.17, 15) is 9.18 Å². The van der Waals surface area contributed by atoms with Crippen LogP contribution >= 0.6 is 0 Å². The molecule has 138 valence electrons. The van der Waals surface area contributed by atoms with E-state index in [-0.39, 0.29) is 17.3 Å². The summed E-state index contributed by atoms with van der Waals surface area (Å²) in [4.78, 5) is 17.1. The molecule has 27 heavy (non-hydrogen) atoms. The highest BCUT2D eigenvalue weighted by Gasteiger charge is 2.17. The van der Waals surface area contributed by atoms with Crippen molar-refractivity contribution in [1.29, 1.82) is 0 Å². The van der Waals surface area contributed by atoms with Crippen molar-refractivity contribution in [1.82, 2.24) is 10.3 Å². The quantitative estimate of drug-likeness (QED) is 0.678. The van der Waals surface area contributed by atoms with Gasteiger partial charge in [0.2, 0.25) is 0 Å². The molecule has 0 unspecified atom stereocenters. The molecule has 0 aliphatic rings. The predicted molar refractivity (Wildman–Crippen MR) is 107 cm³/mol. The number of benzene rings is 2. The van der Waals surface area contributed by atoms with E-state index in [1.165, 1.54) is 12.1 Å². The molecule has 0 fully saturated rings. The summed E-state index contributed by atoms with van der Waals surface area (Å²) < 4.78 is 13.3. The van der Waals surface area contributed by atoms with Gasteiger partial charge in [-0.05, 0) is 80.8 Å². The van der Waals surface area contributed by atoms with Crippen molar-refractivity contribution in [2.24, 2.45) is 0 Å². The lowest BCUT2D eigenvalue weighted by atomic mass is 9.95. The number of nitrogens with one attached hydrogen (secondary N) is 1. The third-order valence-corrected chi connectivity index (χ3v) is 4.18. The smallest absolute Gasteiger partial charge is 0.251 e. The molecule has 0 atom stereocenters. The van der Waals surface area contributed by atoms with E-state index in [1.54, 1.807) is 18.3 Å². The zero-order valence-electron chi connectivity index (χ0n) is 16.0.